The van der Waals surface area contributed by atoms with Gasteiger partial charge in [-0.2, -0.15) is 0 Å². The SMILES string of the molecule is Cc1n(CCOC(=O)C(O)(c2cccs2)c2cccs2)cc[n+]1Cc1ccccc1. The molecule has 0 amide bonds. The molecule has 0 saturated heterocycles. The number of rotatable bonds is 8. The van der Waals surface area contributed by atoms with E-state index in [0.717, 1.165) is 12.4 Å². The van der Waals surface area contributed by atoms with Crippen molar-refractivity contribution in [2.75, 3.05) is 6.61 Å². The standard InChI is InChI=1S/C23H23N2O3S2/c1-18-24(11-12-25(18)17-19-7-3-2-4-8-19)13-14-28-22(26)23(27,20-9-5-15-29-20)21-10-6-16-30-21/h2-12,15-16,27H,13-14,17H2,1H3/q+1. The highest BCUT2D eigenvalue weighted by Gasteiger charge is 2.43. The molecule has 0 spiro atoms. The third-order valence-corrected chi connectivity index (χ3v) is 7.03. The topological polar surface area (TPSA) is 55.3 Å². The molecule has 0 aliphatic rings. The molecule has 0 aliphatic carbocycles. The quantitative estimate of drug-likeness (QED) is 0.336. The Morgan fingerprint density at radius 1 is 1.07 bits per heavy atom. The molecule has 0 aliphatic heterocycles. The Morgan fingerprint density at radius 2 is 1.73 bits per heavy atom. The molecule has 0 atom stereocenters. The van der Waals surface area contributed by atoms with Gasteiger partial charge in [0, 0.05) is 6.92 Å². The van der Waals surface area contributed by atoms with Crippen LogP contribution in [0.4, 0.5) is 0 Å². The molecular formula is C23H23N2O3S2+. The van der Waals surface area contributed by atoms with Gasteiger partial charge in [-0.3, -0.25) is 0 Å². The van der Waals surface area contributed by atoms with Crippen molar-refractivity contribution in [1.82, 2.24) is 4.57 Å². The summed E-state index contributed by atoms with van der Waals surface area (Å²) in [6, 6.07) is 17.4. The zero-order valence-electron chi connectivity index (χ0n) is 16.6. The third-order valence-electron chi connectivity index (χ3n) is 5.07. The maximum atomic E-state index is 12.9. The molecule has 3 aromatic heterocycles. The summed E-state index contributed by atoms with van der Waals surface area (Å²) >= 11 is 2.68. The van der Waals surface area contributed by atoms with Crippen LogP contribution in [0.2, 0.25) is 0 Å². The zero-order valence-corrected chi connectivity index (χ0v) is 18.2. The smallest absolute Gasteiger partial charge is 0.349 e. The van der Waals surface area contributed by atoms with Gasteiger partial charge < -0.3 is 9.84 Å². The van der Waals surface area contributed by atoms with Crippen LogP contribution >= 0.6 is 22.7 Å². The molecule has 4 rings (SSSR count). The molecule has 3 heterocycles. The molecule has 7 heteroatoms. The van der Waals surface area contributed by atoms with Gasteiger partial charge in [-0.05, 0) is 28.5 Å². The molecule has 5 nitrogen and oxygen atoms in total. The van der Waals surface area contributed by atoms with Crippen LogP contribution in [0.1, 0.15) is 21.1 Å². The largest absolute Gasteiger partial charge is 0.459 e. The van der Waals surface area contributed by atoms with E-state index in [9.17, 15) is 9.90 Å². The van der Waals surface area contributed by atoms with Crippen molar-refractivity contribution in [3.8, 4) is 0 Å². The van der Waals surface area contributed by atoms with Crippen molar-refractivity contribution < 1.29 is 19.2 Å². The molecule has 154 valence electrons. The molecule has 0 unspecified atom stereocenters. The summed E-state index contributed by atoms with van der Waals surface area (Å²) in [5.41, 5.74) is -0.534. The highest BCUT2D eigenvalue weighted by molar-refractivity contribution is 7.12. The van der Waals surface area contributed by atoms with Crippen LogP contribution in [-0.4, -0.2) is 22.2 Å². The first-order chi connectivity index (χ1) is 14.6. The normalized spacial score (nSPS) is 11.5. The minimum absolute atomic E-state index is 0.179. The van der Waals surface area contributed by atoms with E-state index >= 15 is 0 Å². The maximum absolute atomic E-state index is 12.9. The number of aliphatic hydroxyl groups is 1. The highest BCUT2D eigenvalue weighted by atomic mass is 32.1. The van der Waals surface area contributed by atoms with Crippen LogP contribution < -0.4 is 4.57 Å². The van der Waals surface area contributed by atoms with E-state index in [0.29, 0.717) is 16.3 Å². The van der Waals surface area contributed by atoms with Gasteiger partial charge in [-0.25, -0.2) is 13.9 Å². The van der Waals surface area contributed by atoms with Crippen molar-refractivity contribution >= 4 is 28.6 Å². The molecule has 0 bridgehead atoms. The number of thiophene rings is 2. The van der Waals surface area contributed by atoms with Crippen LogP contribution in [0.15, 0.2) is 77.8 Å². The van der Waals surface area contributed by atoms with Crippen LogP contribution in [0.25, 0.3) is 0 Å². The third kappa shape index (κ3) is 4.09. The molecule has 30 heavy (non-hydrogen) atoms. The van der Waals surface area contributed by atoms with Crippen molar-refractivity contribution in [2.45, 2.75) is 25.6 Å². The second-order valence-electron chi connectivity index (χ2n) is 6.95. The van der Waals surface area contributed by atoms with Crippen molar-refractivity contribution in [3.05, 3.63) is 98.9 Å². The van der Waals surface area contributed by atoms with Gasteiger partial charge in [0.1, 0.15) is 32.1 Å². The maximum Gasteiger partial charge on any atom is 0.349 e. The van der Waals surface area contributed by atoms with E-state index in [1.54, 1.807) is 12.1 Å². The monoisotopic (exact) mass is 439 g/mol. The van der Waals surface area contributed by atoms with E-state index in [4.69, 9.17) is 4.74 Å². The van der Waals surface area contributed by atoms with Gasteiger partial charge in [-0.15, -0.1) is 22.7 Å². The average Bonchev–Trinajstić information content (AvgIpc) is 3.53. The summed E-state index contributed by atoms with van der Waals surface area (Å²) in [4.78, 5) is 14.0. The summed E-state index contributed by atoms with van der Waals surface area (Å²) in [5, 5.41) is 14.9. The van der Waals surface area contributed by atoms with Crippen LogP contribution in [0.5, 0.6) is 0 Å². The zero-order chi connectivity index (χ0) is 21.0. The Morgan fingerprint density at radius 3 is 2.33 bits per heavy atom. The van der Waals surface area contributed by atoms with Crippen LogP contribution in [0.3, 0.4) is 0 Å². The lowest BCUT2D eigenvalue weighted by Gasteiger charge is -2.23. The second kappa shape index (κ2) is 8.95. The number of benzene rings is 1. The molecule has 1 aromatic carbocycles. The summed E-state index contributed by atoms with van der Waals surface area (Å²) in [7, 11) is 0. The second-order valence-corrected chi connectivity index (χ2v) is 8.85. The van der Waals surface area contributed by atoms with Gasteiger partial charge >= 0.3 is 5.97 Å². The summed E-state index contributed by atoms with van der Waals surface area (Å²) < 4.78 is 9.74. The molecule has 4 aromatic rings. The molecule has 0 radical (unpaired) electrons. The lowest BCUT2D eigenvalue weighted by Crippen LogP contribution is -2.38. The number of nitrogens with zero attached hydrogens (tertiary/aromatic N) is 2. The van der Waals surface area contributed by atoms with Gasteiger partial charge in [0.25, 0.3) is 5.82 Å². The molecule has 1 N–H and O–H groups in total. The van der Waals surface area contributed by atoms with Gasteiger partial charge in [-0.1, -0.05) is 42.5 Å². The van der Waals surface area contributed by atoms with Crippen LogP contribution in [0, 0.1) is 6.92 Å². The summed E-state index contributed by atoms with van der Waals surface area (Å²) in [5.74, 6) is 0.427. The lowest BCUT2D eigenvalue weighted by molar-refractivity contribution is -0.694. The number of hydrogen-bond acceptors (Lipinski definition) is 5. The average molecular weight is 440 g/mol. The first kappa shape index (κ1) is 20.5. The molecular weight excluding hydrogens is 416 g/mol. The van der Waals surface area contributed by atoms with Crippen molar-refractivity contribution in [1.29, 1.82) is 0 Å². The van der Waals surface area contributed by atoms with Crippen molar-refractivity contribution in [2.24, 2.45) is 0 Å². The van der Waals surface area contributed by atoms with Crippen molar-refractivity contribution in [3.63, 3.8) is 0 Å². The number of hydrogen-bond donors (Lipinski definition) is 1. The van der Waals surface area contributed by atoms with E-state index in [-0.39, 0.29) is 6.61 Å². The van der Waals surface area contributed by atoms with E-state index < -0.39 is 11.6 Å². The van der Waals surface area contributed by atoms with Gasteiger partial charge in [0.2, 0.25) is 5.60 Å². The Kier molecular flexibility index (Phi) is 6.13. The Labute approximate surface area is 183 Å². The number of ether oxygens (including phenoxy) is 1. The number of imidazole rings is 1. The first-order valence-electron chi connectivity index (χ1n) is 9.65. The predicted molar refractivity (Wildman–Crippen MR) is 118 cm³/mol. The lowest BCUT2D eigenvalue weighted by atomic mass is 10.0. The molecule has 0 fully saturated rings. The Bertz CT molecular complexity index is 1050. The predicted octanol–water partition coefficient (Wildman–Crippen LogP) is 3.73. The van der Waals surface area contributed by atoms with Crippen LogP contribution in [-0.2, 0) is 28.2 Å². The van der Waals surface area contributed by atoms with Gasteiger partial charge in [0.15, 0.2) is 0 Å². The minimum Gasteiger partial charge on any atom is -0.459 e. The minimum atomic E-state index is -1.76. The van der Waals surface area contributed by atoms with Gasteiger partial charge in [0.05, 0.1) is 9.75 Å². The first-order valence-corrected chi connectivity index (χ1v) is 11.4. The summed E-state index contributed by atoms with van der Waals surface area (Å²) in [6.07, 6.45) is 4.01. The number of carbonyl (C=O) groups is 1. The molecule has 0 saturated carbocycles. The number of aromatic nitrogens is 2. The summed E-state index contributed by atoms with van der Waals surface area (Å²) in [6.45, 7) is 3.53. The fourth-order valence-electron chi connectivity index (χ4n) is 3.36. The van der Waals surface area contributed by atoms with E-state index in [1.165, 1.54) is 28.2 Å². The fourth-order valence-corrected chi connectivity index (χ4v) is 5.07. The van der Waals surface area contributed by atoms with E-state index in [1.807, 2.05) is 65.0 Å². The fraction of sp³-hybridized carbons (Fsp3) is 0.217. The number of esters is 1. The number of carbonyl (C=O) groups excluding carboxylic acids is 1. The highest BCUT2D eigenvalue weighted by Crippen LogP contribution is 2.36. The Hall–Kier alpha value is -2.74. The van der Waals surface area contributed by atoms with E-state index in [2.05, 4.69) is 16.7 Å². The Balaban J connectivity index is 1.42.